The second kappa shape index (κ2) is 9.13. The zero-order valence-electron chi connectivity index (χ0n) is 16.1. The standard InChI is InChI=1S/C22H24N2O3S2/c23-20(25)17-2-1-11-24(14-17)18-7-3-15(4-8-18)21(26)27-19-9-5-16(6-10-19)22-28-12-13-29-22/h3-10,17,22H,1-2,11-14H2,(H2,23,25). The highest BCUT2D eigenvalue weighted by atomic mass is 32.2. The highest BCUT2D eigenvalue weighted by molar-refractivity contribution is 8.19. The Morgan fingerprint density at radius 2 is 1.69 bits per heavy atom. The Labute approximate surface area is 179 Å². The summed E-state index contributed by atoms with van der Waals surface area (Å²) in [6, 6.07) is 15.1. The van der Waals surface area contributed by atoms with Gasteiger partial charge in [-0.1, -0.05) is 12.1 Å². The van der Waals surface area contributed by atoms with E-state index >= 15 is 0 Å². The Kier molecular flexibility index (Phi) is 6.35. The number of hydrogen-bond donors (Lipinski definition) is 1. The molecule has 0 spiro atoms. The van der Waals surface area contributed by atoms with Crippen LogP contribution in [0.25, 0.3) is 0 Å². The lowest BCUT2D eigenvalue weighted by Crippen LogP contribution is -2.41. The number of piperidine rings is 1. The third kappa shape index (κ3) is 4.90. The SMILES string of the molecule is NC(=O)C1CCCN(c2ccc(C(=O)Oc3ccc(C4SCCS4)cc3)cc2)C1. The van der Waals surface area contributed by atoms with Gasteiger partial charge in [-0.15, -0.1) is 23.5 Å². The summed E-state index contributed by atoms with van der Waals surface area (Å²) in [5, 5.41) is 0. The van der Waals surface area contributed by atoms with Gasteiger partial charge in [-0.25, -0.2) is 4.79 Å². The predicted octanol–water partition coefficient (Wildman–Crippen LogP) is 4.09. The molecular formula is C22H24N2O3S2. The van der Waals surface area contributed by atoms with Crippen molar-refractivity contribution < 1.29 is 14.3 Å². The van der Waals surface area contributed by atoms with Crippen molar-refractivity contribution in [2.45, 2.75) is 17.4 Å². The molecule has 4 rings (SSSR count). The van der Waals surface area contributed by atoms with Crippen LogP contribution in [0, 0.1) is 5.92 Å². The summed E-state index contributed by atoms with van der Waals surface area (Å²) < 4.78 is 6.01. The molecule has 1 amide bonds. The predicted molar refractivity (Wildman–Crippen MR) is 120 cm³/mol. The summed E-state index contributed by atoms with van der Waals surface area (Å²) in [6.07, 6.45) is 1.78. The molecule has 2 aromatic carbocycles. The molecule has 152 valence electrons. The van der Waals surface area contributed by atoms with Crippen LogP contribution < -0.4 is 15.4 Å². The van der Waals surface area contributed by atoms with Crippen molar-refractivity contribution in [1.82, 2.24) is 0 Å². The summed E-state index contributed by atoms with van der Waals surface area (Å²) in [5.41, 5.74) is 8.21. The highest BCUT2D eigenvalue weighted by Gasteiger charge is 2.24. The first kappa shape index (κ1) is 20.2. The van der Waals surface area contributed by atoms with Crippen LogP contribution in [0.15, 0.2) is 48.5 Å². The number of thioether (sulfide) groups is 2. The second-order valence-electron chi connectivity index (χ2n) is 7.27. The normalized spacial score (nSPS) is 19.9. The zero-order chi connectivity index (χ0) is 20.2. The van der Waals surface area contributed by atoms with E-state index in [4.69, 9.17) is 10.5 Å². The van der Waals surface area contributed by atoms with Gasteiger partial charge < -0.3 is 15.4 Å². The number of primary amides is 1. The lowest BCUT2D eigenvalue weighted by Gasteiger charge is -2.33. The molecule has 7 heteroatoms. The van der Waals surface area contributed by atoms with Crippen LogP contribution in [0.4, 0.5) is 5.69 Å². The van der Waals surface area contributed by atoms with Gasteiger partial charge in [0, 0.05) is 30.3 Å². The Bertz CT molecular complexity index is 865. The van der Waals surface area contributed by atoms with Gasteiger partial charge in [-0.05, 0) is 54.8 Å². The molecule has 0 aliphatic carbocycles. The lowest BCUT2D eigenvalue weighted by atomic mass is 9.97. The molecule has 2 N–H and O–H groups in total. The third-order valence-corrected chi connectivity index (χ3v) is 8.38. The van der Waals surface area contributed by atoms with Gasteiger partial charge in [-0.3, -0.25) is 4.79 Å². The second-order valence-corrected chi connectivity index (χ2v) is 9.99. The van der Waals surface area contributed by atoms with Gasteiger partial charge in [0.1, 0.15) is 5.75 Å². The number of nitrogens with zero attached hydrogens (tertiary/aromatic N) is 1. The zero-order valence-corrected chi connectivity index (χ0v) is 17.7. The van der Waals surface area contributed by atoms with Crippen LogP contribution in [0.3, 0.4) is 0 Å². The van der Waals surface area contributed by atoms with E-state index in [0.29, 0.717) is 22.4 Å². The van der Waals surface area contributed by atoms with Crippen molar-refractivity contribution >= 4 is 41.1 Å². The van der Waals surface area contributed by atoms with Crippen molar-refractivity contribution in [2.75, 3.05) is 29.5 Å². The van der Waals surface area contributed by atoms with Crippen molar-refractivity contribution in [1.29, 1.82) is 0 Å². The first-order chi connectivity index (χ1) is 14.1. The number of anilines is 1. The largest absolute Gasteiger partial charge is 0.423 e. The quantitative estimate of drug-likeness (QED) is 0.571. The number of esters is 1. The summed E-state index contributed by atoms with van der Waals surface area (Å²) in [7, 11) is 0. The van der Waals surface area contributed by atoms with Crippen molar-refractivity contribution in [2.24, 2.45) is 11.7 Å². The average Bonchev–Trinajstić information content (AvgIpc) is 3.29. The number of ether oxygens (including phenoxy) is 1. The van der Waals surface area contributed by atoms with Crippen LogP contribution in [0.1, 0.15) is 33.3 Å². The summed E-state index contributed by atoms with van der Waals surface area (Å²) in [5.74, 6) is 2.19. The minimum Gasteiger partial charge on any atom is -0.423 e. The molecule has 2 saturated heterocycles. The van der Waals surface area contributed by atoms with E-state index in [1.165, 1.54) is 17.1 Å². The van der Waals surface area contributed by atoms with Gasteiger partial charge in [0.15, 0.2) is 0 Å². The van der Waals surface area contributed by atoms with E-state index in [-0.39, 0.29) is 17.8 Å². The molecule has 2 heterocycles. The number of benzene rings is 2. The van der Waals surface area contributed by atoms with Gasteiger partial charge in [0.25, 0.3) is 0 Å². The van der Waals surface area contributed by atoms with Gasteiger partial charge in [-0.2, -0.15) is 0 Å². The molecule has 0 radical (unpaired) electrons. The molecule has 0 bridgehead atoms. The Hall–Kier alpha value is -2.12. The van der Waals surface area contributed by atoms with Crippen LogP contribution in [0.2, 0.25) is 0 Å². The molecule has 1 atom stereocenters. The van der Waals surface area contributed by atoms with Gasteiger partial charge in [0.2, 0.25) is 5.91 Å². The number of nitrogens with two attached hydrogens (primary N) is 1. The van der Waals surface area contributed by atoms with Crippen LogP contribution in [0.5, 0.6) is 5.75 Å². The molecule has 1 unspecified atom stereocenters. The van der Waals surface area contributed by atoms with E-state index < -0.39 is 0 Å². The summed E-state index contributed by atoms with van der Waals surface area (Å²) in [6.45, 7) is 1.51. The molecule has 2 aliphatic heterocycles. The maximum absolute atomic E-state index is 12.5. The average molecular weight is 429 g/mol. The fourth-order valence-corrected chi connectivity index (χ4v) is 6.52. The molecule has 2 fully saturated rings. The molecule has 29 heavy (non-hydrogen) atoms. The summed E-state index contributed by atoms with van der Waals surface area (Å²) >= 11 is 3.90. The fourth-order valence-electron chi connectivity index (χ4n) is 3.66. The number of carbonyl (C=O) groups excluding carboxylic acids is 2. The first-order valence-corrected chi connectivity index (χ1v) is 11.9. The Morgan fingerprint density at radius 3 is 2.34 bits per heavy atom. The topological polar surface area (TPSA) is 72.6 Å². The lowest BCUT2D eigenvalue weighted by molar-refractivity contribution is -0.122. The number of rotatable bonds is 5. The van der Waals surface area contributed by atoms with E-state index in [1.54, 1.807) is 12.1 Å². The van der Waals surface area contributed by atoms with E-state index in [0.717, 1.165) is 25.1 Å². The third-order valence-electron chi connectivity index (χ3n) is 5.28. The number of hydrogen-bond acceptors (Lipinski definition) is 6. The van der Waals surface area contributed by atoms with E-state index in [2.05, 4.69) is 4.90 Å². The van der Waals surface area contributed by atoms with Crippen molar-refractivity contribution in [3.63, 3.8) is 0 Å². The maximum atomic E-state index is 12.5. The van der Waals surface area contributed by atoms with Gasteiger partial charge in [0.05, 0.1) is 16.1 Å². The minimum absolute atomic E-state index is 0.114. The van der Waals surface area contributed by atoms with Crippen LogP contribution in [-0.2, 0) is 4.79 Å². The van der Waals surface area contributed by atoms with Crippen molar-refractivity contribution in [3.05, 3.63) is 59.7 Å². The molecule has 0 aromatic heterocycles. The first-order valence-electron chi connectivity index (χ1n) is 9.80. The molecule has 0 saturated carbocycles. The minimum atomic E-state index is -0.373. The Morgan fingerprint density at radius 1 is 1.00 bits per heavy atom. The van der Waals surface area contributed by atoms with E-state index in [1.807, 2.05) is 59.9 Å². The monoisotopic (exact) mass is 428 g/mol. The number of carbonyl (C=O) groups is 2. The molecule has 2 aliphatic rings. The smallest absolute Gasteiger partial charge is 0.343 e. The molecule has 5 nitrogen and oxygen atoms in total. The van der Waals surface area contributed by atoms with E-state index in [9.17, 15) is 9.59 Å². The summed E-state index contributed by atoms with van der Waals surface area (Å²) in [4.78, 5) is 26.1. The molecule has 2 aromatic rings. The maximum Gasteiger partial charge on any atom is 0.343 e. The number of amides is 1. The van der Waals surface area contributed by atoms with Crippen LogP contribution in [-0.4, -0.2) is 36.5 Å². The fraction of sp³-hybridized carbons (Fsp3) is 0.364. The van der Waals surface area contributed by atoms with Gasteiger partial charge >= 0.3 is 5.97 Å². The van der Waals surface area contributed by atoms with Crippen LogP contribution >= 0.6 is 23.5 Å². The molecular weight excluding hydrogens is 404 g/mol. The highest BCUT2D eigenvalue weighted by Crippen LogP contribution is 2.45. The van der Waals surface area contributed by atoms with Crippen molar-refractivity contribution in [3.8, 4) is 5.75 Å². The Balaban J connectivity index is 1.37.